The van der Waals surface area contributed by atoms with Crippen LogP contribution in [0.1, 0.15) is 96.7 Å². The lowest BCUT2D eigenvalue weighted by Gasteiger charge is -2.03. The van der Waals surface area contributed by atoms with Gasteiger partial charge < -0.3 is 0 Å². The Kier molecular flexibility index (Phi) is 11.2. The highest BCUT2D eigenvalue weighted by atomic mass is 15.1. The van der Waals surface area contributed by atoms with Crippen LogP contribution in [-0.2, 0) is 13.0 Å². The van der Waals surface area contributed by atoms with E-state index in [1.807, 2.05) is 0 Å². The van der Waals surface area contributed by atoms with Crippen LogP contribution in [0.25, 0.3) is 0 Å². The van der Waals surface area contributed by atoms with Gasteiger partial charge in [0.05, 0.1) is 6.54 Å². The van der Waals surface area contributed by atoms with Crippen LogP contribution in [0.15, 0.2) is 12.4 Å². The fraction of sp³-hybridized carbons (Fsp3) is 0.842. The summed E-state index contributed by atoms with van der Waals surface area (Å²) in [6.45, 7) is 5.74. The van der Waals surface area contributed by atoms with Gasteiger partial charge in [0.15, 0.2) is 0 Å². The SMILES string of the molecule is CCCCCCCCCCCC[n+]1cc[nH]c1CCCC. The molecule has 1 rings (SSSR count). The summed E-state index contributed by atoms with van der Waals surface area (Å²) in [5.41, 5.74) is 0. The number of aromatic amines is 1. The van der Waals surface area contributed by atoms with Gasteiger partial charge in [-0.15, -0.1) is 0 Å². The van der Waals surface area contributed by atoms with Gasteiger partial charge >= 0.3 is 0 Å². The minimum absolute atomic E-state index is 1.19. The molecule has 0 saturated heterocycles. The van der Waals surface area contributed by atoms with Gasteiger partial charge in [-0.05, 0) is 19.3 Å². The predicted octanol–water partition coefficient (Wildman–Crippen LogP) is 5.57. The van der Waals surface area contributed by atoms with Crippen molar-refractivity contribution >= 4 is 0 Å². The Labute approximate surface area is 132 Å². The standard InChI is InChI=1S/C19H36N2/c1-3-5-7-8-9-10-11-12-13-14-17-21-18-16-20-19(21)15-6-4-2/h16,18H,3-15,17H2,1-2H3/p+1. The Bertz CT molecular complexity index is 330. The summed E-state index contributed by atoms with van der Waals surface area (Å²) in [7, 11) is 0. The molecule has 1 aromatic rings. The number of aryl methyl sites for hydroxylation is 2. The highest BCUT2D eigenvalue weighted by molar-refractivity contribution is 4.77. The first kappa shape index (κ1) is 18.3. The first-order valence-electron chi connectivity index (χ1n) is 9.44. The molecular weight excluding hydrogens is 256 g/mol. The van der Waals surface area contributed by atoms with Crippen molar-refractivity contribution in [2.75, 3.05) is 0 Å². The van der Waals surface area contributed by atoms with E-state index in [0.717, 1.165) is 0 Å². The van der Waals surface area contributed by atoms with Crippen molar-refractivity contribution in [2.45, 2.75) is 104 Å². The molecule has 0 unspecified atom stereocenters. The third-order valence-corrected chi connectivity index (χ3v) is 4.37. The predicted molar refractivity (Wildman–Crippen MR) is 91.4 cm³/mol. The van der Waals surface area contributed by atoms with Crippen molar-refractivity contribution in [1.29, 1.82) is 0 Å². The Morgan fingerprint density at radius 3 is 1.95 bits per heavy atom. The third-order valence-electron chi connectivity index (χ3n) is 4.37. The molecule has 0 amide bonds. The first-order chi connectivity index (χ1) is 10.4. The summed E-state index contributed by atoms with van der Waals surface area (Å²) in [6, 6.07) is 0. The fourth-order valence-corrected chi connectivity index (χ4v) is 2.94. The second-order valence-electron chi connectivity index (χ2n) is 6.39. The number of imidazole rings is 1. The number of nitrogens with one attached hydrogen (secondary N) is 1. The molecular formula is C19H37N2+. The summed E-state index contributed by atoms with van der Waals surface area (Å²) >= 11 is 0. The van der Waals surface area contributed by atoms with Gasteiger partial charge in [0.2, 0.25) is 0 Å². The number of hydrogen-bond acceptors (Lipinski definition) is 0. The normalized spacial score (nSPS) is 11.1. The molecule has 0 saturated carbocycles. The Morgan fingerprint density at radius 2 is 1.33 bits per heavy atom. The Morgan fingerprint density at radius 1 is 0.762 bits per heavy atom. The largest absolute Gasteiger partial charge is 0.254 e. The van der Waals surface area contributed by atoms with Gasteiger partial charge in [-0.3, -0.25) is 0 Å². The van der Waals surface area contributed by atoms with Crippen LogP contribution in [0.4, 0.5) is 0 Å². The quantitative estimate of drug-likeness (QED) is 0.342. The number of hydrogen-bond donors (Lipinski definition) is 1. The lowest BCUT2D eigenvalue weighted by atomic mass is 10.1. The molecule has 2 nitrogen and oxygen atoms in total. The molecule has 0 fully saturated rings. The van der Waals surface area contributed by atoms with Gasteiger partial charge in [-0.1, -0.05) is 71.6 Å². The maximum atomic E-state index is 3.39. The van der Waals surface area contributed by atoms with Crippen LogP contribution in [0.2, 0.25) is 0 Å². The molecule has 0 spiro atoms. The topological polar surface area (TPSA) is 19.7 Å². The minimum Gasteiger partial charge on any atom is -0.248 e. The van der Waals surface area contributed by atoms with Crippen molar-refractivity contribution in [3.05, 3.63) is 18.2 Å². The van der Waals surface area contributed by atoms with Gasteiger partial charge in [-0.2, -0.15) is 0 Å². The molecule has 0 aliphatic rings. The zero-order chi connectivity index (χ0) is 15.2. The number of aromatic nitrogens is 2. The average molecular weight is 294 g/mol. The number of rotatable bonds is 14. The number of unbranched alkanes of at least 4 members (excludes halogenated alkanes) is 10. The molecule has 21 heavy (non-hydrogen) atoms. The molecule has 1 heterocycles. The maximum Gasteiger partial charge on any atom is 0.254 e. The average Bonchev–Trinajstić information content (AvgIpc) is 2.94. The van der Waals surface area contributed by atoms with Crippen LogP contribution in [0, 0.1) is 0 Å². The molecule has 0 aliphatic carbocycles. The summed E-state index contributed by atoms with van der Waals surface area (Å²) in [5, 5.41) is 0. The van der Waals surface area contributed by atoms with E-state index >= 15 is 0 Å². The Balaban J connectivity index is 1.95. The minimum atomic E-state index is 1.19. The lowest BCUT2D eigenvalue weighted by molar-refractivity contribution is -0.703. The second kappa shape index (κ2) is 12.9. The smallest absolute Gasteiger partial charge is 0.248 e. The molecule has 2 heteroatoms. The van der Waals surface area contributed by atoms with E-state index in [1.165, 1.54) is 95.8 Å². The van der Waals surface area contributed by atoms with Crippen molar-refractivity contribution in [1.82, 2.24) is 4.98 Å². The van der Waals surface area contributed by atoms with Crippen LogP contribution >= 0.6 is 0 Å². The van der Waals surface area contributed by atoms with Crippen molar-refractivity contribution in [3.63, 3.8) is 0 Å². The van der Waals surface area contributed by atoms with E-state index in [1.54, 1.807) is 0 Å². The maximum absolute atomic E-state index is 3.39. The molecule has 0 atom stereocenters. The van der Waals surface area contributed by atoms with Crippen LogP contribution < -0.4 is 4.57 Å². The Hall–Kier alpha value is -0.790. The monoisotopic (exact) mass is 293 g/mol. The number of H-pyrrole nitrogens is 1. The van der Waals surface area contributed by atoms with Crippen molar-refractivity contribution < 1.29 is 4.57 Å². The lowest BCUT2D eigenvalue weighted by Crippen LogP contribution is -2.36. The highest BCUT2D eigenvalue weighted by Gasteiger charge is 2.08. The molecule has 0 bridgehead atoms. The van der Waals surface area contributed by atoms with Gasteiger partial charge in [-0.25, -0.2) is 9.55 Å². The van der Waals surface area contributed by atoms with Crippen molar-refractivity contribution in [3.8, 4) is 0 Å². The molecule has 1 aromatic heterocycles. The van der Waals surface area contributed by atoms with Crippen molar-refractivity contribution in [2.24, 2.45) is 0 Å². The van der Waals surface area contributed by atoms with E-state index in [2.05, 4.69) is 35.8 Å². The van der Waals surface area contributed by atoms with Crippen LogP contribution in [0.3, 0.4) is 0 Å². The van der Waals surface area contributed by atoms with E-state index in [4.69, 9.17) is 0 Å². The van der Waals surface area contributed by atoms with E-state index in [-0.39, 0.29) is 0 Å². The molecule has 0 aromatic carbocycles. The molecule has 0 radical (unpaired) electrons. The first-order valence-corrected chi connectivity index (χ1v) is 9.44. The van der Waals surface area contributed by atoms with Gasteiger partial charge in [0.25, 0.3) is 5.82 Å². The van der Waals surface area contributed by atoms with E-state index in [9.17, 15) is 0 Å². The summed E-state index contributed by atoms with van der Waals surface area (Å²) < 4.78 is 2.42. The molecule has 1 N–H and O–H groups in total. The second-order valence-corrected chi connectivity index (χ2v) is 6.39. The number of nitrogens with zero attached hydrogens (tertiary/aromatic N) is 1. The molecule has 0 aliphatic heterocycles. The molecule has 122 valence electrons. The van der Waals surface area contributed by atoms with Crippen LogP contribution in [-0.4, -0.2) is 4.98 Å². The summed E-state index contributed by atoms with van der Waals surface area (Å²) in [5.74, 6) is 1.41. The van der Waals surface area contributed by atoms with E-state index < -0.39 is 0 Å². The van der Waals surface area contributed by atoms with Crippen LogP contribution in [0.5, 0.6) is 0 Å². The summed E-state index contributed by atoms with van der Waals surface area (Å²) in [4.78, 5) is 3.39. The third kappa shape index (κ3) is 8.95. The summed E-state index contributed by atoms with van der Waals surface area (Å²) in [6.07, 6.45) is 22.2. The highest BCUT2D eigenvalue weighted by Crippen LogP contribution is 2.10. The van der Waals surface area contributed by atoms with Gasteiger partial charge in [0, 0.05) is 6.42 Å². The fourth-order valence-electron chi connectivity index (χ4n) is 2.94. The van der Waals surface area contributed by atoms with Gasteiger partial charge in [0.1, 0.15) is 12.4 Å². The van der Waals surface area contributed by atoms with E-state index in [0.29, 0.717) is 0 Å². The zero-order valence-corrected chi connectivity index (χ0v) is 14.5. The zero-order valence-electron chi connectivity index (χ0n) is 14.5.